The third kappa shape index (κ3) is 19.0. The fraction of sp³-hybridized carbons (Fsp3) is 0.250. The molecule has 0 radical (unpaired) electrons. The average molecular weight is 1800 g/mol. The van der Waals surface area contributed by atoms with Crippen molar-refractivity contribution in [2.24, 2.45) is 0 Å². The molecule has 0 saturated carbocycles. The molecule has 132 heavy (non-hydrogen) atoms. The smallest absolute Gasteiger partial charge is 0.255 e. The monoisotopic (exact) mass is 1800 g/mol. The number of ether oxygens (including phenoxy) is 8. The summed E-state index contributed by atoms with van der Waals surface area (Å²) < 4.78 is 45.2. The molecule has 9 heterocycles. The fourth-order valence-electron chi connectivity index (χ4n) is 16.0. The maximum Gasteiger partial charge on any atom is 0.255 e. The molecule has 22 N–H and O–H groups in total. The normalized spacial score (nSPS) is 25.6. The molecule has 0 unspecified atom stereocenters. The molecular formula is C96H90N8O28. The van der Waals surface area contributed by atoms with Crippen molar-refractivity contribution in [3.63, 3.8) is 0 Å². The number of aliphatic hydroxyl groups is 16. The minimum absolute atomic E-state index is 0.171. The Hall–Kier alpha value is -13.4. The molecule has 0 aliphatic carbocycles. The number of carbonyl (C=O) groups is 4. The van der Waals surface area contributed by atoms with Crippen LogP contribution in [0.1, 0.15) is 64.2 Å². The average Bonchev–Trinajstić information content (AvgIpc) is 1.60. The Balaban J connectivity index is 0.735. The molecule has 17 rings (SSSR count). The predicted octanol–water partition coefficient (Wildman–Crippen LogP) is 5.05. The zero-order chi connectivity index (χ0) is 92.4. The molecule has 0 spiro atoms. The van der Waals surface area contributed by atoms with E-state index in [0.717, 1.165) is 0 Å². The molecule has 36 nitrogen and oxygen atoms in total. The molecule has 682 valence electrons. The second-order valence-corrected chi connectivity index (χ2v) is 32.0. The number of H-pyrrole nitrogens is 2. The van der Waals surface area contributed by atoms with Crippen LogP contribution in [-0.4, -0.2) is 275 Å². The number of hydrogen-bond acceptors (Lipinski definition) is 30. The third-order valence-electron chi connectivity index (χ3n) is 23.3. The highest BCUT2D eigenvalue weighted by atomic mass is 16.7. The molecule has 4 saturated heterocycles. The lowest BCUT2D eigenvalue weighted by Gasteiger charge is -2.39. The van der Waals surface area contributed by atoms with Crippen LogP contribution in [0.15, 0.2) is 218 Å². The topological polar surface area (TPSA) is 571 Å². The van der Waals surface area contributed by atoms with Crippen LogP contribution >= 0.6 is 0 Å². The number of benzene rings is 8. The van der Waals surface area contributed by atoms with E-state index >= 15 is 0 Å². The fourth-order valence-corrected chi connectivity index (χ4v) is 16.0. The van der Waals surface area contributed by atoms with Gasteiger partial charge in [0, 0.05) is 89.3 Å². The molecular weight excluding hydrogens is 1710 g/mol. The summed E-state index contributed by atoms with van der Waals surface area (Å²) in [7, 11) is 0. The molecule has 20 atom stereocenters. The molecule has 4 amide bonds. The molecule has 6 aliphatic rings. The van der Waals surface area contributed by atoms with Crippen molar-refractivity contribution in [3.05, 3.63) is 263 Å². The highest BCUT2D eigenvalue weighted by Gasteiger charge is 2.49. The lowest BCUT2D eigenvalue weighted by atomic mass is 9.99. The number of aromatic amines is 2. The maximum atomic E-state index is 14.2. The number of carbonyl (C=O) groups excluding carboxylic acids is 4. The summed E-state index contributed by atoms with van der Waals surface area (Å²) in [5.74, 6) is -1.30. The zero-order valence-corrected chi connectivity index (χ0v) is 69.4. The van der Waals surface area contributed by atoms with Crippen molar-refractivity contribution in [2.75, 3.05) is 47.7 Å². The highest BCUT2D eigenvalue weighted by molar-refractivity contribution is 6.09. The number of nitrogens with one attached hydrogen (secondary N) is 6. The minimum Gasteiger partial charge on any atom is -0.462 e. The van der Waals surface area contributed by atoms with Gasteiger partial charge in [0.1, 0.15) is 121 Å². The van der Waals surface area contributed by atoms with Gasteiger partial charge in [-0.1, -0.05) is 48.5 Å². The molecule has 11 aromatic rings. The van der Waals surface area contributed by atoms with E-state index in [1.54, 1.807) is 146 Å². The molecule has 4 fully saturated rings. The summed E-state index contributed by atoms with van der Waals surface area (Å²) in [6, 6.07) is 59.1. The first kappa shape index (κ1) is 90.6. The van der Waals surface area contributed by atoms with Crippen molar-refractivity contribution in [3.8, 4) is 67.5 Å². The Bertz CT molecular complexity index is 5520. The van der Waals surface area contributed by atoms with Crippen LogP contribution in [0.2, 0.25) is 0 Å². The molecule has 6 aliphatic heterocycles. The number of nitrogens with zero attached hydrogens (tertiary/aromatic N) is 2. The lowest BCUT2D eigenvalue weighted by molar-refractivity contribution is -0.277. The van der Waals surface area contributed by atoms with Crippen molar-refractivity contribution in [2.45, 2.75) is 123 Å². The second-order valence-electron chi connectivity index (χ2n) is 32.0. The summed E-state index contributed by atoms with van der Waals surface area (Å²) in [5, 5.41) is 176. The third-order valence-corrected chi connectivity index (χ3v) is 23.3. The van der Waals surface area contributed by atoms with E-state index in [4.69, 9.17) is 47.9 Å². The van der Waals surface area contributed by atoms with Crippen LogP contribution in [0.5, 0.6) is 23.0 Å². The van der Waals surface area contributed by atoms with Crippen LogP contribution in [0, 0.1) is 0 Å². The summed E-state index contributed by atoms with van der Waals surface area (Å²) in [6.45, 7) is -2.62. The summed E-state index contributed by atoms with van der Waals surface area (Å²) in [6.07, 6.45) is -22.9. The predicted molar refractivity (Wildman–Crippen MR) is 476 cm³/mol. The first-order valence-electron chi connectivity index (χ1n) is 41.9. The van der Waals surface area contributed by atoms with Gasteiger partial charge < -0.3 is 151 Å². The lowest BCUT2D eigenvalue weighted by Crippen LogP contribution is -2.60. The van der Waals surface area contributed by atoms with E-state index in [1.165, 1.54) is 48.5 Å². The van der Waals surface area contributed by atoms with Gasteiger partial charge >= 0.3 is 0 Å². The number of hydrogen-bond donors (Lipinski definition) is 22. The highest BCUT2D eigenvalue weighted by Crippen LogP contribution is 2.41. The first-order valence-corrected chi connectivity index (χ1v) is 41.9. The second kappa shape index (κ2) is 39.0. The van der Waals surface area contributed by atoms with Gasteiger partial charge in [-0.25, -0.2) is 9.97 Å². The van der Waals surface area contributed by atoms with E-state index in [2.05, 4.69) is 31.2 Å². The summed E-state index contributed by atoms with van der Waals surface area (Å²) in [5.41, 5.74) is 11.0. The number of aromatic nitrogens is 4. The van der Waals surface area contributed by atoms with Gasteiger partial charge in [0.05, 0.1) is 49.2 Å². The van der Waals surface area contributed by atoms with Crippen LogP contribution in [0.25, 0.3) is 90.9 Å². The van der Waals surface area contributed by atoms with Gasteiger partial charge in [0.2, 0.25) is 25.2 Å². The van der Waals surface area contributed by atoms with Crippen LogP contribution in [0.3, 0.4) is 0 Å². The Morgan fingerprint density at radius 1 is 0.258 bits per heavy atom. The Kier molecular flexibility index (Phi) is 26.7. The SMILES string of the molecule is O=C(Nc1ccc(O[C@@H]2O[C@H](CO)[C@@H](O)[C@H](O)[C@H]2O)cc1)c1ccc(-c2c3nc(c(-c4ccc(C(=O)Nc5ccc(O[C@@H]6O[C@H](CO)[C@@H](O)[C@H](O)[C@H]6O)cc5)cc4)c4ccc([nH]4)c(-c4ccc(C(=O)Nc5ccc(O[C@@H]6O[C@H](CO)[C@@H](O)[C@H](O)[C@H]6O)cc5)cc4)c4nc(c(-c5ccc(C(=O)Nc6ccc(O[C@@H]7O[C@H](CO)[C@@H](O)[C@H](O)[C@H]7O)cc6)cc5)c5ccc2[nH]5)C=C4)C=C3)cc1. The van der Waals surface area contributed by atoms with E-state index in [0.29, 0.717) is 112 Å². The van der Waals surface area contributed by atoms with Crippen LogP contribution in [0.4, 0.5) is 22.7 Å². The van der Waals surface area contributed by atoms with Crippen molar-refractivity contribution in [1.82, 2.24) is 19.9 Å². The van der Waals surface area contributed by atoms with Crippen molar-refractivity contribution in [1.29, 1.82) is 0 Å². The van der Waals surface area contributed by atoms with Gasteiger partial charge in [0.15, 0.2) is 0 Å². The van der Waals surface area contributed by atoms with Gasteiger partial charge in [-0.3, -0.25) is 19.2 Å². The van der Waals surface area contributed by atoms with Gasteiger partial charge in [0.25, 0.3) is 23.6 Å². The maximum absolute atomic E-state index is 14.2. The van der Waals surface area contributed by atoms with Gasteiger partial charge in [-0.2, -0.15) is 0 Å². The number of fused-ring (bicyclic) bond motifs is 8. The van der Waals surface area contributed by atoms with Crippen molar-refractivity contribution >= 4 is 92.7 Å². The molecule has 8 bridgehead atoms. The minimum atomic E-state index is -1.67. The number of amides is 4. The zero-order valence-electron chi connectivity index (χ0n) is 69.4. The van der Waals surface area contributed by atoms with E-state index in [1.807, 2.05) is 48.6 Å². The summed E-state index contributed by atoms with van der Waals surface area (Å²) >= 11 is 0. The molecule has 36 heteroatoms. The number of rotatable bonds is 24. The Labute approximate surface area is 749 Å². The Morgan fingerprint density at radius 3 is 0.629 bits per heavy atom. The van der Waals surface area contributed by atoms with E-state index in [-0.39, 0.29) is 45.3 Å². The number of aliphatic hydroxyl groups excluding tert-OH is 16. The standard InChI is InChI=1S/C96H90N8O28/c105-41-69-77(109)81(113)85(117)93(129-69)125-57-25-17-53(18-26-57)97-89(121)49-9-1-45(2-10-49)73-61-33-35-63(101-61)74(46-3-11-50(12-4-46)90(122)98-54-19-27-58(28-20-54)126-94-86(118)82(114)78(110)70(42-106)130-94)65-37-39-67(103-65)76(48-7-15-52(16-8-48)92(124)100-56-23-31-60(32-24-56)128-96-88(120)84(116)80(112)72(44-108)132-96)68-40-38-66(104-68)75(64-36-34-62(73)102-64)47-5-13-51(14-6-47)91(123)99-55-21-29-59(30-22-55)127-95-87(119)83(115)79(111)71(43-107)131-95/h1-40,69-72,77-88,93-96,101,104-120H,41-44H2,(H,97,121)(H,98,122)(H,99,123)(H,100,124)/t69-,70-,71-,72-,77-,78-,79-,80-,81+,82+,83+,84+,85-,86-,87-,88-,93-,94-,95-,96-/m1/s1. The van der Waals surface area contributed by atoms with Gasteiger partial charge in [-0.15, -0.1) is 0 Å². The van der Waals surface area contributed by atoms with Crippen molar-refractivity contribution < 1.29 is 139 Å². The number of anilines is 4. The van der Waals surface area contributed by atoms with Crippen LogP contribution < -0.4 is 40.2 Å². The van der Waals surface area contributed by atoms with Crippen LogP contribution in [-0.2, 0) is 18.9 Å². The molecule has 3 aromatic heterocycles. The van der Waals surface area contributed by atoms with E-state index < -0.39 is 173 Å². The molecule has 8 aromatic carbocycles. The quantitative estimate of drug-likeness (QED) is 0.0376. The first-order chi connectivity index (χ1) is 63.8. The summed E-state index contributed by atoms with van der Waals surface area (Å²) in [4.78, 5) is 75.1. The largest absolute Gasteiger partial charge is 0.462 e. The van der Waals surface area contributed by atoms with E-state index in [9.17, 15) is 101 Å². The van der Waals surface area contributed by atoms with Gasteiger partial charge in [-0.05, 0) is 216 Å². The Morgan fingerprint density at radius 2 is 0.447 bits per heavy atom.